The summed E-state index contributed by atoms with van der Waals surface area (Å²) in [6.45, 7) is 2.63. The summed E-state index contributed by atoms with van der Waals surface area (Å²) in [6.07, 6.45) is 2.47. The summed E-state index contributed by atoms with van der Waals surface area (Å²) in [5.74, 6) is -0.681. The van der Waals surface area contributed by atoms with Crippen LogP contribution in [0.15, 0.2) is 0 Å². The third kappa shape index (κ3) is 5.17. The molecule has 0 bridgehead atoms. The van der Waals surface area contributed by atoms with Crippen molar-refractivity contribution in [1.82, 2.24) is 10.6 Å². The van der Waals surface area contributed by atoms with E-state index >= 15 is 0 Å². The molecule has 1 aliphatic carbocycles. The van der Waals surface area contributed by atoms with Crippen LogP contribution < -0.4 is 10.6 Å². The quantitative estimate of drug-likeness (QED) is 0.651. The van der Waals surface area contributed by atoms with E-state index in [1.165, 1.54) is 7.11 Å². The third-order valence-electron chi connectivity index (χ3n) is 3.94. The first-order valence-corrected chi connectivity index (χ1v) is 7.24. The number of carboxylic acids is 1. The van der Waals surface area contributed by atoms with Gasteiger partial charge in [-0.25, -0.2) is 9.59 Å². The summed E-state index contributed by atoms with van der Waals surface area (Å²) < 4.78 is 10.1. The van der Waals surface area contributed by atoms with Gasteiger partial charge in [0.25, 0.3) is 0 Å². The summed E-state index contributed by atoms with van der Waals surface area (Å²) in [7, 11) is 3.08. The molecule has 1 saturated carbocycles. The molecular formula is C14H26N2O5. The Morgan fingerprint density at radius 2 is 2.14 bits per heavy atom. The molecular weight excluding hydrogens is 276 g/mol. The maximum atomic E-state index is 12.0. The first-order chi connectivity index (χ1) is 9.93. The second-order valence-corrected chi connectivity index (χ2v) is 5.74. The number of carboxylic acid groups (broad SMARTS) is 1. The zero-order valence-corrected chi connectivity index (χ0v) is 13.0. The van der Waals surface area contributed by atoms with Gasteiger partial charge in [-0.2, -0.15) is 0 Å². The van der Waals surface area contributed by atoms with Gasteiger partial charge in [0, 0.05) is 20.8 Å². The lowest BCUT2D eigenvalue weighted by Crippen LogP contribution is -2.59. The SMILES string of the molecule is COCC(CNC(=O)NC1(C(=O)O)CCCC(C)C1)OC. The number of methoxy groups -OCH3 is 2. The van der Waals surface area contributed by atoms with Crippen molar-refractivity contribution in [2.75, 3.05) is 27.4 Å². The molecule has 0 radical (unpaired) electrons. The number of hydrogen-bond acceptors (Lipinski definition) is 4. The van der Waals surface area contributed by atoms with Crippen molar-refractivity contribution in [2.24, 2.45) is 5.92 Å². The monoisotopic (exact) mass is 302 g/mol. The van der Waals surface area contributed by atoms with Crippen LogP contribution in [0.1, 0.15) is 32.6 Å². The fraction of sp³-hybridized carbons (Fsp3) is 0.857. The Morgan fingerprint density at radius 3 is 2.67 bits per heavy atom. The Bertz CT molecular complexity index is 363. The van der Waals surface area contributed by atoms with E-state index in [-0.39, 0.29) is 18.6 Å². The normalized spacial score (nSPS) is 26.9. The van der Waals surface area contributed by atoms with Crippen molar-refractivity contribution in [2.45, 2.75) is 44.2 Å². The molecule has 1 fully saturated rings. The van der Waals surface area contributed by atoms with Gasteiger partial charge in [-0.15, -0.1) is 0 Å². The van der Waals surface area contributed by atoms with Gasteiger partial charge in [0.2, 0.25) is 0 Å². The predicted molar refractivity (Wildman–Crippen MR) is 77.2 cm³/mol. The molecule has 0 aliphatic heterocycles. The molecule has 0 aromatic rings. The van der Waals surface area contributed by atoms with Crippen LogP contribution in [0.3, 0.4) is 0 Å². The Hall–Kier alpha value is -1.34. The number of aliphatic carboxylic acids is 1. The van der Waals surface area contributed by atoms with Crippen LogP contribution in [0.2, 0.25) is 0 Å². The lowest BCUT2D eigenvalue weighted by Gasteiger charge is -2.37. The Morgan fingerprint density at radius 1 is 1.43 bits per heavy atom. The number of carbonyl (C=O) groups excluding carboxylic acids is 1. The molecule has 122 valence electrons. The van der Waals surface area contributed by atoms with Crippen LogP contribution in [0.25, 0.3) is 0 Å². The molecule has 0 heterocycles. The van der Waals surface area contributed by atoms with Crippen molar-refractivity contribution in [3.63, 3.8) is 0 Å². The van der Waals surface area contributed by atoms with Crippen LogP contribution in [-0.2, 0) is 14.3 Å². The molecule has 3 atom stereocenters. The number of hydrogen-bond donors (Lipinski definition) is 3. The number of urea groups is 1. The molecule has 7 heteroatoms. The number of amides is 2. The fourth-order valence-corrected chi connectivity index (χ4v) is 2.78. The molecule has 2 amide bonds. The van der Waals surface area contributed by atoms with Gasteiger partial charge >= 0.3 is 12.0 Å². The van der Waals surface area contributed by atoms with E-state index in [2.05, 4.69) is 10.6 Å². The summed E-state index contributed by atoms with van der Waals surface area (Å²) in [4.78, 5) is 23.5. The molecule has 1 aliphatic rings. The Kier molecular flexibility index (Phi) is 6.91. The third-order valence-corrected chi connectivity index (χ3v) is 3.94. The standard InChI is InChI=1S/C14H26N2O5/c1-10-5-4-6-14(7-10,12(17)18)16-13(19)15-8-11(21-3)9-20-2/h10-11H,4-9H2,1-3H3,(H,17,18)(H2,15,16,19). The Labute approximate surface area is 125 Å². The van der Waals surface area contributed by atoms with E-state index in [1.807, 2.05) is 6.92 Å². The van der Waals surface area contributed by atoms with Crippen molar-refractivity contribution < 1.29 is 24.2 Å². The highest BCUT2D eigenvalue weighted by Crippen LogP contribution is 2.32. The van der Waals surface area contributed by atoms with Gasteiger partial charge in [-0.3, -0.25) is 0 Å². The van der Waals surface area contributed by atoms with Crippen LogP contribution in [0.4, 0.5) is 4.79 Å². The molecule has 0 aromatic carbocycles. The molecule has 7 nitrogen and oxygen atoms in total. The highest BCUT2D eigenvalue weighted by atomic mass is 16.5. The molecule has 0 saturated heterocycles. The maximum Gasteiger partial charge on any atom is 0.329 e. The number of nitrogens with one attached hydrogen (secondary N) is 2. The maximum absolute atomic E-state index is 12.0. The van der Waals surface area contributed by atoms with Crippen LogP contribution in [-0.4, -0.2) is 56.1 Å². The van der Waals surface area contributed by atoms with Gasteiger partial charge < -0.3 is 25.2 Å². The zero-order chi connectivity index (χ0) is 15.9. The molecule has 3 N–H and O–H groups in total. The van der Waals surface area contributed by atoms with Crippen LogP contribution in [0.5, 0.6) is 0 Å². The van der Waals surface area contributed by atoms with E-state index in [9.17, 15) is 14.7 Å². The first kappa shape index (κ1) is 17.7. The van der Waals surface area contributed by atoms with E-state index in [0.29, 0.717) is 19.4 Å². The summed E-state index contributed by atoms with van der Waals surface area (Å²) in [5, 5.41) is 14.8. The minimum Gasteiger partial charge on any atom is -0.480 e. The average Bonchev–Trinajstić information content (AvgIpc) is 2.43. The van der Waals surface area contributed by atoms with Gasteiger partial charge in [-0.1, -0.05) is 19.8 Å². The summed E-state index contributed by atoms with van der Waals surface area (Å²) in [6, 6.07) is -0.482. The fourth-order valence-electron chi connectivity index (χ4n) is 2.78. The first-order valence-electron chi connectivity index (χ1n) is 7.24. The zero-order valence-electron chi connectivity index (χ0n) is 13.0. The predicted octanol–water partition coefficient (Wildman–Crippen LogP) is 0.981. The van der Waals surface area contributed by atoms with E-state index < -0.39 is 17.5 Å². The number of rotatable bonds is 7. The van der Waals surface area contributed by atoms with Crippen LogP contribution >= 0.6 is 0 Å². The minimum absolute atomic E-state index is 0.258. The van der Waals surface area contributed by atoms with Gasteiger partial charge in [0.1, 0.15) is 5.54 Å². The van der Waals surface area contributed by atoms with E-state index in [0.717, 1.165) is 12.8 Å². The lowest BCUT2D eigenvalue weighted by molar-refractivity contribution is -0.146. The molecule has 21 heavy (non-hydrogen) atoms. The average molecular weight is 302 g/mol. The Balaban J connectivity index is 2.55. The second-order valence-electron chi connectivity index (χ2n) is 5.74. The smallest absolute Gasteiger partial charge is 0.329 e. The second kappa shape index (κ2) is 8.19. The summed E-state index contributed by atoms with van der Waals surface area (Å²) in [5.41, 5.74) is -1.16. The highest BCUT2D eigenvalue weighted by molar-refractivity contribution is 5.86. The number of carbonyl (C=O) groups is 2. The van der Waals surface area contributed by atoms with E-state index in [1.54, 1.807) is 7.11 Å². The molecule has 3 unspecified atom stereocenters. The lowest BCUT2D eigenvalue weighted by atomic mass is 9.76. The van der Waals surface area contributed by atoms with Crippen molar-refractivity contribution in [1.29, 1.82) is 0 Å². The highest BCUT2D eigenvalue weighted by Gasteiger charge is 2.43. The van der Waals surface area contributed by atoms with Crippen molar-refractivity contribution in [3.8, 4) is 0 Å². The number of ether oxygens (including phenoxy) is 2. The minimum atomic E-state index is -1.16. The van der Waals surface area contributed by atoms with Crippen molar-refractivity contribution >= 4 is 12.0 Å². The molecule has 1 rings (SSSR count). The molecule has 0 spiro atoms. The van der Waals surface area contributed by atoms with Crippen molar-refractivity contribution in [3.05, 3.63) is 0 Å². The van der Waals surface area contributed by atoms with Gasteiger partial charge in [-0.05, 0) is 18.8 Å². The topological polar surface area (TPSA) is 96.9 Å². The largest absolute Gasteiger partial charge is 0.480 e. The van der Waals surface area contributed by atoms with E-state index in [4.69, 9.17) is 9.47 Å². The van der Waals surface area contributed by atoms with Gasteiger partial charge in [0.05, 0.1) is 12.7 Å². The van der Waals surface area contributed by atoms with Crippen LogP contribution in [0, 0.1) is 5.92 Å². The molecule has 0 aromatic heterocycles. The summed E-state index contributed by atoms with van der Waals surface area (Å²) >= 11 is 0. The van der Waals surface area contributed by atoms with Gasteiger partial charge in [0.15, 0.2) is 0 Å².